The molecule has 3 atom stereocenters. The molecule has 1 fully saturated rings. The molecular weight excluding hydrogens is 312 g/mol. The molecule has 0 radical (unpaired) electrons. The van der Waals surface area contributed by atoms with Gasteiger partial charge in [-0.3, -0.25) is 4.79 Å². The molecule has 2 amide bonds. The first-order chi connectivity index (χ1) is 11.6. The topological polar surface area (TPSA) is 84.9 Å². The van der Waals surface area contributed by atoms with E-state index in [1.807, 2.05) is 19.1 Å². The van der Waals surface area contributed by atoms with Crippen molar-refractivity contribution in [3.8, 4) is 0 Å². The molecule has 1 N–H and O–H groups in total. The van der Waals surface area contributed by atoms with Gasteiger partial charge in [-0.2, -0.15) is 0 Å². The summed E-state index contributed by atoms with van der Waals surface area (Å²) in [6.45, 7) is 2.38. The molecule has 2 heterocycles. The number of alkyl carbamates (subject to hydrolysis) is 1. The van der Waals surface area contributed by atoms with Crippen LogP contribution in [-0.2, 0) is 19.1 Å². The maximum Gasteiger partial charge on any atom is 0.407 e. The van der Waals surface area contributed by atoms with E-state index >= 15 is 0 Å². The van der Waals surface area contributed by atoms with Crippen molar-refractivity contribution < 1.29 is 23.9 Å². The summed E-state index contributed by atoms with van der Waals surface area (Å²) in [5, 5.41) is 2.82. The number of amides is 2. The quantitative estimate of drug-likeness (QED) is 0.469. The first kappa shape index (κ1) is 18.3. The fraction of sp³-hybridized carbons (Fsp3) is 0.706. The average molecular weight is 338 g/mol. The van der Waals surface area contributed by atoms with Crippen LogP contribution in [0.5, 0.6) is 0 Å². The highest BCUT2D eigenvalue weighted by molar-refractivity contribution is 5.86. The SMILES string of the molecule is CCCCOC(=O)NC1CC(C(=O)OC)N2C(=O)CCC=CCC12. The number of nitrogens with zero attached hydrogens (tertiary/aromatic N) is 1. The molecule has 0 saturated carbocycles. The predicted molar refractivity (Wildman–Crippen MR) is 87.2 cm³/mol. The summed E-state index contributed by atoms with van der Waals surface area (Å²) in [5.74, 6) is -0.523. The van der Waals surface area contributed by atoms with Gasteiger partial charge in [0, 0.05) is 12.8 Å². The highest BCUT2D eigenvalue weighted by Crippen LogP contribution is 2.30. The minimum atomic E-state index is -0.653. The zero-order valence-corrected chi connectivity index (χ0v) is 14.3. The van der Waals surface area contributed by atoms with Gasteiger partial charge in [0.15, 0.2) is 0 Å². The van der Waals surface area contributed by atoms with Crippen LogP contribution in [0.4, 0.5) is 4.79 Å². The third kappa shape index (κ3) is 4.27. The van der Waals surface area contributed by atoms with Crippen LogP contribution in [0.3, 0.4) is 0 Å². The number of fused-ring (bicyclic) bond motifs is 1. The third-order valence-corrected chi connectivity index (χ3v) is 4.50. The van der Waals surface area contributed by atoms with E-state index in [1.54, 1.807) is 4.90 Å². The van der Waals surface area contributed by atoms with Crippen LogP contribution in [0.1, 0.15) is 45.4 Å². The number of esters is 1. The molecule has 24 heavy (non-hydrogen) atoms. The van der Waals surface area contributed by atoms with Gasteiger partial charge in [0.25, 0.3) is 0 Å². The summed E-state index contributed by atoms with van der Waals surface area (Å²) in [7, 11) is 1.31. The van der Waals surface area contributed by atoms with E-state index in [4.69, 9.17) is 9.47 Å². The van der Waals surface area contributed by atoms with Gasteiger partial charge in [0.1, 0.15) is 6.04 Å². The van der Waals surface area contributed by atoms with Gasteiger partial charge in [-0.15, -0.1) is 0 Å². The lowest BCUT2D eigenvalue weighted by atomic mass is 10.0. The Balaban J connectivity index is 2.11. The number of ether oxygens (including phenoxy) is 2. The number of hydrogen-bond acceptors (Lipinski definition) is 5. The largest absolute Gasteiger partial charge is 0.467 e. The number of carbonyl (C=O) groups excluding carboxylic acids is 3. The fourth-order valence-corrected chi connectivity index (χ4v) is 3.27. The summed E-state index contributed by atoms with van der Waals surface area (Å²) in [6.07, 6.45) is 7.17. The average Bonchev–Trinajstić information content (AvgIpc) is 2.89. The van der Waals surface area contributed by atoms with Crippen LogP contribution in [0.15, 0.2) is 12.2 Å². The highest BCUT2D eigenvalue weighted by Gasteiger charge is 2.47. The number of hydrogen-bond donors (Lipinski definition) is 1. The molecule has 3 unspecified atom stereocenters. The van der Waals surface area contributed by atoms with E-state index in [0.29, 0.717) is 32.3 Å². The number of methoxy groups -OCH3 is 1. The normalized spacial score (nSPS) is 26.3. The summed E-state index contributed by atoms with van der Waals surface area (Å²) in [5.41, 5.74) is 0. The van der Waals surface area contributed by atoms with Gasteiger partial charge < -0.3 is 19.7 Å². The summed E-state index contributed by atoms with van der Waals surface area (Å²) in [4.78, 5) is 38.1. The van der Waals surface area contributed by atoms with Crippen LogP contribution in [0, 0.1) is 0 Å². The molecule has 7 nitrogen and oxygen atoms in total. The molecule has 2 rings (SSSR count). The molecular formula is C17H26N2O5. The van der Waals surface area contributed by atoms with Crippen molar-refractivity contribution in [2.24, 2.45) is 0 Å². The van der Waals surface area contributed by atoms with Crippen molar-refractivity contribution in [1.82, 2.24) is 10.2 Å². The standard InChI is InChI=1S/C17H26N2O5/c1-3-4-10-24-17(22)18-12-11-14(16(21)23-2)19-13(12)8-6-5-7-9-15(19)20/h5-6,12-14H,3-4,7-11H2,1-2H3,(H,18,22). The molecule has 7 heteroatoms. The first-order valence-electron chi connectivity index (χ1n) is 8.55. The Hall–Kier alpha value is -2.05. The maximum absolute atomic E-state index is 12.5. The lowest BCUT2D eigenvalue weighted by Crippen LogP contribution is -2.49. The molecule has 0 spiro atoms. The van der Waals surface area contributed by atoms with E-state index in [9.17, 15) is 14.4 Å². The molecule has 0 aromatic carbocycles. The minimum Gasteiger partial charge on any atom is -0.467 e. The molecule has 2 aliphatic rings. The summed E-state index contributed by atoms with van der Waals surface area (Å²) < 4.78 is 9.98. The Labute approximate surface area is 142 Å². The zero-order chi connectivity index (χ0) is 17.5. The van der Waals surface area contributed by atoms with Crippen LogP contribution >= 0.6 is 0 Å². The van der Waals surface area contributed by atoms with Crippen molar-refractivity contribution in [1.29, 1.82) is 0 Å². The van der Waals surface area contributed by atoms with Crippen LogP contribution in [0.25, 0.3) is 0 Å². The highest BCUT2D eigenvalue weighted by atomic mass is 16.5. The van der Waals surface area contributed by atoms with Crippen LogP contribution in [-0.4, -0.2) is 54.7 Å². The Morgan fingerprint density at radius 2 is 2.17 bits per heavy atom. The number of carbonyl (C=O) groups is 3. The smallest absolute Gasteiger partial charge is 0.407 e. The summed E-state index contributed by atoms with van der Waals surface area (Å²) in [6, 6.07) is -1.23. The van der Waals surface area contributed by atoms with Gasteiger partial charge >= 0.3 is 12.1 Å². The zero-order valence-electron chi connectivity index (χ0n) is 14.3. The molecule has 1 saturated heterocycles. The molecule has 0 bridgehead atoms. The lowest BCUT2D eigenvalue weighted by molar-refractivity contribution is -0.152. The van der Waals surface area contributed by atoms with Gasteiger partial charge in [0.2, 0.25) is 5.91 Å². The monoisotopic (exact) mass is 338 g/mol. The molecule has 0 aromatic rings. The second-order valence-corrected chi connectivity index (χ2v) is 6.13. The molecule has 2 aliphatic heterocycles. The number of rotatable bonds is 5. The lowest BCUT2D eigenvalue weighted by Gasteiger charge is -2.31. The van der Waals surface area contributed by atoms with Crippen molar-refractivity contribution >= 4 is 18.0 Å². The van der Waals surface area contributed by atoms with Gasteiger partial charge in [0.05, 0.1) is 25.8 Å². The fourth-order valence-electron chi connectivity index (χ4n) is 3.27. The van der Waals surface area contributed by atoms with Crippen molar-refractivity contribution in [3.63, 3.8) is 0 Å². The Morgan fingerprint density at radius 1 is 1.38 bits per heavy atom. The number of allylic oxidation sites excluding steroid dienone is 1. The second-order valence-electron chi connectivity index (χ2n) is 6.13. The summed E-state index contributed by atoms with van der Waals surface area (Å²) >= 11 is 0. The van der Waals surface area contributed by atoms with E-state index in [2.05, 4.69) is 5.32 Å². The van der Waals surface area contributed by atoms with E-state index in [0.717, 1.165) is 12.8 Å². The van der Waals surface area contributed by atoms with Gasteiger partial charge in [-0.25, -0.2) is 9.59 Å². The predicted octanol–water partition coefficient (Wildman–Crippen LogP) is 1.76. The molecule has 134 valence electrons. The maximum atomic E-state index is 12.5. The van der Waals surface area contributed by atoms with Crippen LogP contribution in [0.2, 0.25) is 0 Å². The second kappa shape index (κ2) is 8.70. The Kier molecular flexibility index (Phi) is 6.63. The molecule has 0 aliphatic carbocycles. The number of nitrogens with one attached hydrogen (secondary N) is 1. The number of unbranched alkanes of at least 4 members (excludes halogenated alkanes) is 1. The van der Waals surface area contributed by atoms with Crippen LogP contribution < -0.4 is 5.32 Å². The molecule has 0 aromatic heterocycles. The Bertz CT molecular complexity index is 505. The van der Waals surface area contributed by atoms with E-state index < -0.39 is 18.1 Å². The van der Waals surface area contributed by atoms with Gasteiger partial charge in [-0.05, 0) is 19.3 Å². The minimum absolute atomic E-state index is 0.0802. The van der Waals surface area contributed by atoms with E-state index in [-0.39, 0.29) is 18.0 Å². The first-order valence-corrected chi connectivity index (χ1v) is 8.55. The van der Waals surface area contributed by atoms with Crippen molar-refractivity contribution in [3.05, 3.63) is 12.2 Å². The van der Waals surface area contributed by atoms with Gasteiger partial charge in [-0.1, -0.05) is 25.5 Å². The van der Waals surface area contributed by atoms with Crippen molar-refractivity contribution in [2.45, 2.75) is 63.6 Å². The Morgan fingerprint density at radius 3 is 2.88 bits per heavy atom. The van der Waals surface area contributed by atoms with Crippen molar-refractivity contribution in [2.75, 3.05) is 13.7 Å². The third-order valence-electron chi connectivity index (χ3n) is 4.50. The van der Waals surface area contributed by atoms with E-state index in [1.165, 1.54) is 7.11 Å².